The van der Waals surface area contributed by atoms with Gasteiger partial charge in [-0.1, -0.05) is 23.3 Å². The van der Waals surface area contributed by atoms with Crippen LogP contribution in [0, 0.1) is 0 Å². The van der Waals surface area contributed by atoms with Gasteiger partial charge >= 0.3 is 6.01 Å². The molecule has 1 amide bonds. The van der Waals surface area contributed by atoms with E-state index >= 15 is 0 Å². The molecule has 0 radical (unpaired) electrons. The van der Waals surface area contributed by atoms with Gasteiger partial charge in [0.2, 0.25) is 21.8 Å². The van der Waals surface area contributed by atoms with Crippen molar-refractivity contribution in [3.8, 4) is 11.5 Å². The summed E-state index contributed by atoms with van der Waals surface area (Å²) in [6.45, 7) is 0.343. The highest BCUT2D eigenvalue weighted by Crippen LogP contribution is 2.23. The Morgan fingerprint density at radius 3 is 2.74 bits per heavy atom. The molecule has 1 unspecified atom stereocenters. The van der Waals surface area contributed by atoms with Gasteiger partial charge in [0.25, 0.3) is 0 Å². The van der Waals surface area contributed by atoms with Crippen LogP contribution >= 0.6 is 0 Å². The highest BCUT2D eigenvalue weighted by atomic mass is 32.2. The zero-order chi connectivity index (χ0) is 16.4. The van der Waals surface area contributed by atoms with Crippen LogP contribution in [-0.4, -0.2) is 47.7 Å². The fraction of sp³-hybridized carbons (Fsp3) is 0.357. The molecule has 1 atom stereocenters. The Labute approximate surface area is 133 Å². The largest absolute Gasteiger partial charge is 0.403 e. The Morgan fingerprint density at radius 2 is 2.04 bits per heavy atom. The molecule has 8 nitrogen and oxygen atoms in total. The summed E-state index contributed by atoms with van der Waals surface area (Å²) in [5.41, 5.74) is 0.735. The van der Waals surface area contributed by atoms with Crippen LogP contribution in [0.2, 0.25) is 0 Å². The number of hydrogen-bond donors (Lipinski definition) is 1. The summed E-state index contributed by atoms with van der Waals surface area (Å²) in [6, 6.07) is 8.36. The van der Waals surface area contributed by atoms with Crippen LogP contribution in [0.3, 0.4) is 0 Å². The van der Waals surface area contributed by atoms with Gasteiger partial charge in [-0.2, -0.15) is 4.31 Å². The molecule has 0 bridgehead atoms. The van der Waals surface area contributed by atoms with E-state index in [2.05, 4.69) is 15.5 Å². The molecule has 1 saturated heterocycles. The number of nitrogens with one attached hydrogen (secondary N) is 1. The standard InChI is InChI=1S/C14H16N4O4S/c1-23(20,21)18-9-5-8-11(18)12(19)15-14-17-16-13(22-14)10-6-3-2-4-7-10/h2-4,6-7,11H,5,8-9H2,1H3,(H,15,17,19). The topological polar surface area (TPSA) is 105 Å². The van der Waals surface area contributed by atoms with Gasteiger partial charge in [0.15, 0.2) is 0 Å². The van der Waals surface area contributed by atoms with Gasteiger partial charge < -0.3 is 4.42 Å². The highest BCUT2D eigenvalue weighted by Gasteiger charge is 2.36. The Hall–Kier alpha value is -2.26. The molecule has 1 aliphatic rings. The van der Waals surface area contributed by atoms with Gasteiger partial charge in [0, 0.05) is 12.1 Å². The SMILES string of the molecule is CS(=O)(=O)N1CCCC1C(=O)Nc1nnc(-c2ccccc2)o1. The van der Waals surface area contributed by atoms with E-state index in [4.69, 9.17) is 4.42 Å². The van der Waals surface area contributed by atoms with Crippen molar-refractivity contribution in [1.82, 2.24) is 14.5 Å². The third kappa shape index (κ3) is 3.40. The normalized spacial score (nSPS) is 18.9. The predicted octanol–water partition coefficient (Wildman–Crippen LogP) is 1.10. The fourth-order valence-electron chi connectivity index (χ4n) is 2.56. The van der Waals surface area contributed by atoms with Crippen molar-refractivity contribution in [2.24, 2.45) is 0 Å². The monoisotopic (exact) mass is 336 g/mol. The third-order valence-corrected chi connectivity index (χ3v) is 4.90. The number of hydrogen-bond acceptors (Lipinski definition) is 6. The number of aromatic nitrogens is 2. The molecular weight excluding hydrogens is 320 g/mol. The van der Waals surface area contributed by atoms with E-state index in [-0.39, 0.29) is 11.9 Å². The van der Waals surface area contributed by atoms with Gasteiger partial charge in [-0.05, 0) is 25.0 Å². The van der Waals surface area contributed by atoms with Crippen molar-refractivity contribution >= 4 is 21.9 Å². The minimum Gasteiger partial charge on any atom is -0.403 e. The van der Waals surface area contributed by atoms with Crippen LogP contribution in [-0.2, 0) is 14.8 Å². The van der Waals surface area contributed by atoms with Crippen LogP contribution in [0.1, 0.15) is 12.8 Å². The number of carbonyl (C=O) groups excluding carboxylic acids is 1. The zero-order valence-corrected chi connectivity index (χ0v) is 13.3. The summed E-state index contributed by atoms with van der Waals surface area (Å²) in [5.74, 6) is -0.177. The van der Waals surface area contributed by atoms with E-state index in [9.17, 15) is 13.2 Å². The molecule has 1 fully saturated rings. The van der Waals surface area contributed by atoms with Crippen molar-refractivity contribution in [3.63, 3.8) is 0 Å². The maximum atomic E-state index is 12.3. The molecule has 1 aromatic heterocycles. The average molecular weight is 336 g/mol. The summed E-state index contributed by atoms with van der Waals surface area (Å²) >= 11 is 0. The molecule has 3 rings (SSSR count). The molecule has 122 valence electrons. The number of benzene rings is 1. The van der Waals surface area contributed by atoms with E-state index < -0.39 is 22.0 Å². The Morgan fingerprint density at radius 1 is 1.30 bits per heavy atom. The molecule has 2 aromatic rings. The lowest BCUT2D eigenvalue weighted by Gasteiger charge is -2.20. The smallest absolute Gasteiger partial charge is 0.322 e. The molecule has 1 N–H and O–H groups in total. The molecule has 2 heterocycles. The first-order valence-electron chi connectivity index (χ1n) is 7.12. The van der Waals surface area contributed by atoms with Crippen molar-refractivity contribution < 1.29 is 17.6 Å². The molecular formula is C14H16N4O4S. The maximum Gasteiger partial charge on any atom is 0.322 e. The fourth-order valence-corrected chi connectivity index (χ4v) is 3.68. The summed E-state index contributed by atoms with van der Waals surface area (Å²) < 4.78 is 30.0. The van der Waals surface area contributed by atoms with Gasteiger partial charge in [-0.25, -0.2) is 8.42 Å². The first kappa shape index (κ1) is 15.6. The van der Waals surface area contributed by atoms with Crippen LogP contribution in [0.4, 0.5) is 6.01 Å². The molecule has 0 aliphatic carbocycles. The molecule has 9 heteroatoms. The molecule has 1 aliphatic heterocycles. The van der Waals surface area contributed by atoms with E-state index in [1.807, 2.05) is 30.3 Å². The Balaban J connectivity index is 1.73. The second-order valence-corrected chi connectivity index (χ2v) is 7.23. The molecule has 23 heavy (non-hydrogen) atoms. The number of amides is 1. The Kier molecular flexibility index (Phi) is 4.14. The minimum atomic E-state index is -3.42. The van der Waals surface area contributed by atoms with Gasteiger partial charge in [-0.3, -0.25) is 10.1 Å². The minimum absolute atomic E-state index is 0.0470. The van der Waals surface area contributed by atoms with Crippen LogP contribution in [0.25, 0.3) is 11.5 Å². The summed E-state index contributed by atoms with van der Waals surface area (Å²) in [5, 5.41) is 10.1. The van der Waals surface area contributed by atoms with Crippen LogP contribution < -0.4 is 5.32 Å². The first-order valence-corrected chi connectivity index (χ1v) is 8.96. The summed E-state index contributed by atoms with van der Waals surface area (Å²) in [4.78, 5) is 12.3. The van der Waals surface area contributed by atoms with Crippen LogP contribution in [0.5, 0.6) is 0 Å². The van der Waals surface area contributed by atoms with Crippen molar-refractivity contribution in [2.75, 3.05) is 18.1 Å². The number of nitrogens with zero attached hydrogens (tertiary/aromatic N) is 3. The van der Waals surface area contributed by atoms with Gasteiger partial charge in [0.05, 0.1) is 6.26 Å². The van der Waals surface area contributed by atoms with Crippen molar-refractivity contribution in [3.05, 3.63) is 30.3 Å². The predicted molar refractivity (Wildman–Crippen MR) is 82.9 cm³/mol. The van der Waals surface area contributed by atoms with E-state index in [1.165, 1.54) is 4.31 Å². The lowest BCUT2D eigenvalue weighted by atomic mass is 10.2. The number of anilines is 1. The lowest BCUT2D eigenvalue weighted by molar-refractivity contribution is -0.119. The average Bonchev–Trinajstić information content (AvgIpc) is 3.16. The quantitative estimate of drug-likeness (QED) is 0.896. The number of rotatable bonds is 4. The number of sulfonamides is 1. The van der Waals surface area contributed by atoms with Crippen LogP contribution in [0.15, 0.2) is 34.7 Å². The second-order valence-electron chi connectivity index (χ2n) is 5.30. The lowest BCUT2D eigenvalue weighted by Crippen LogP contribution is -2.42. The second kappa shape index (κ2) is 6.09. The van der Waals surface area contributed by atoms with E-state index in [0.717, 1.165) is 11.8 Å². The summed E-state index contributed by atoms with van der Waals surface area (Å²) in [6.07, 6.45) is 2.21. The maximum absolute atomic E-state index is 12.3. The molecule has 0 saturated carbocycles. The zero-order valence-electron chi connectivity index (χ0n) is 12.5. The first-order chi connectivity index (χ1) is 10.9. The highest BCUT2D eigenvalue weighted by molar-refractivity contribution is 7.88. The summed E-state index contributed by atoms with van der Waals surface area (Å²) in [7, 11) is -3.42. The molecule has 0 spiro atoms. The number of carbonyl (C=O) groups is 1. The third-order valence-electron chi connectivity index (χ3n) is 3.61. The van der Waals surface area contributed by atoms with Gasteiger partial charge in [0.1, 0.15) is 6.04 Å². The Bertz CT molecular complexity index is 803. The van der Waals surface area contributed by atoms with Gasteiger partial charge in [-0.15, -0.1) is 5.10 Å². The molecule has 1 aromatic carbocycles. The van der Waals surface area contributed by atoms with Crippen molar-refractivity contribution in [2.45, 2.75) is 18.9 Å². The van der Waals surface area contributed by atoms with Crippen molar-refractivity contribution in [1.29, 1.82) is 0 Å². The van der Waals surface area contributed by atoms with E-state index in [1.54, 1.807) is 0 Å². The van der Waals surface area contributed by atoms with E-state index in [0.29, 0.717) is 19.4 Å².